The fraction of sp³-hybridized carbons (Fsp3) is 0.0556. The minimum atomic E-state index is 0.199. The van der Waals surface area contributed by atoms with Crippen molar-refractivity contribution in [3.63, 3.8) is 0 Å². The van der Waals surface area contributed by atoms with E-state index < -0.39 is 0 Å². The summed E-state index contributed by atoms with van der Waals surface area (Å²) in [5.74, 6) is 1.07. The molecule has 0 unspecified atom stereocenters. The lowest BCUT2D eigenvalue weighted by Crippen LogP contribution is -2.01. The Kier molecular flexibility index (Phi) is 3.88. The van der Waals surface area contributed by atoms with Gasteiger partial charge in [-0.3, -0.25) is 4.98 Å². The Hall–Kier alpha value is -3.61. The molecule has 4 aromatic rings. The van der Waals surface area contributed by atoms with Gasteiger partial charge in [-0.15, -0.1) is 10.2 Å². The third kappa shape index (κ3) is 3.20. The van der Waals surface area contributed by atoms with Crippen LogP contribution in [-0.4, -0.2) is 20.3 Å². The number of rotatable bonds is 5. The first-order valence-corrected chi connectivity index (χ1v) is 7.61. The number of nitrogens with one attached hydrogen (secondary N) is 1. The minimum Gasteiger partial charge on any atom is -0.508 e. The molecule has 0 bridgehead atoms. The van der Waals surface area contributed by atoms with E-state index in [9.17, 15) is 5.11 Å². The smallest absolute Gasteiger partial charge is 0.278 e. The average Bonchev–Trinajstić information content (AvgIpc) is 3.14. The van der Waals surface area contributed by atoms with Crippen LogP contribution in [0.5, 0.6) is 11.6 Å². The molecule has 7 heteroatoms. The molecule has 0 saturated carbocycles. The number of pyridine rings is 1. The van der Waals surface area contributed by atoms with Crippen LogP contribution in [0.4, 0.5) is 11.5 Å². The van der Waals surface area contributed by atoms with Crippen LogP contribution in [0.15, 0.2) is 65.5 Å². The molecule has 0 saturated heterocycles. The molecule has 0 spiro atoms. The van der Waals surface area contributed by atoms with Crippen molar-refractivity contribution in [3.8, 4) is 11.6 Å². The monoisotopic (exact) mass is 334 g/mol. The Balaban J connectivity index is 1.59. The Morgan fingerprint density at radius 3 is 2.60 bits per heavy atom. The molecule has 0 aliphatic heterocycles. The third-order valence-corrected chi connectivity index (χ3v) is 3.61. The minimum absolute atomic E-state index is 0.199. The number of hydrogen-bond donors (Lipinski definition) is 2. The Morgan fingerprint density at radius 1 is 1.00 bits per heavy atom. The number of benzene rings is 1. The van der Waals surface area contributed by atoms with Crippen LogP contribution in [0.1, 0.15) is 5.56 Å². The summed E-state index contributed by atoms with van der Waals surface area (Å²) in [5.41, 5.74) is 2.27. The highest BCUT2D eigenvalue weighted by atomic mass is 16.5. The summed E-state index contributed by atoms with van der Waals surface area (Å²) >= 11 is 0. The van der Waals surface area contributed by atoms with Gasteiger partial charge in [-0.2, -0.15) is 0 Å². The molecule has 4 rings (SSSR count). The molecule has 25 heavy (non-hydrogen) atoms. The lowest BCUT2D eigenvalue weighted by Gasteiger charge is -2.09. The van der Waals surface area contributed by atoms with E-state index in [2.05, 4.69) is 20.5 Å². The number of phenolic OH excluding ortho intramolecular Hbond substituents is 1. The summed E-state index contributed by atoms with van der Waals surface area (Å²) in [7, 11) is 0. The van der Waals surface area contributed by atoms with Crippen LogP contribution in [0.2, 0.25) is 0 Å². The number of anilines is 2. The van der Waals surface area contributed by atoms with Gasteiger partial charge in [0.1, 0.15) is 12.4 Å². The van der Waals surface area contributed by atoms with Crippen LogP contribution in [-0.2, 0) is 6.61 Å². The molecular formula is C18H14N4O3. The summed E-state index contributed by atoms with van der Waals surface area (Å²) in [6.45, 7) is 0.345. The second kappa shape index (κ2) is 6.48. The van der Waals surface area contributed by atoms with Crippen molar-refractivity contribution in [2.75, 3.05) is 5.32 Å². The zero-order valence-electron chi connectivity index (χ0n) is 13.1. The van der Waals surface area contributed by atoms with E-state index in [1.807, 2.05) is 12.1 Å². The Labute approximate surface area is 142 Å². The van der Waals surface area contributed by atoms with Gasteiger partial charge in [0.25, 0.3) is 5.88 Å². The summed E-state index contributed by atoms with van der Waals surface area (Å²) in [4.78, 5) is 3.97. The first kappa shape index (κ1) is 14.9. The van der Waals surface area contributed by atoms with Gasteiger partial charge in [0, 0.05) is 18.1 Å². The van der Waals surface area contributed by atoms with Crippen molar-refractivity contribution in [3.05, 3.63) is 66.7 Å². The largest absolute Gasteiger partial charge is 0.508 e. The lowest BCUT2D eigenvalue weighted by molar-refractivity contribution is 0.289. The standard InChI is InChI=1S/C18H14N4O3/c23-14-3-1-13(2-4-14)20-17-15-7-10-24-16(15)18(22-21-17)25-11-12-5-8-19-9-6-12/h1-10,23H,11H2,(H,20,21). The molecule has 7 nitrogen and oxygen atoms in total. The van der Waals surface area contributed by atoms with Crippen LogP contribution in [0, 0.1) is 0 Å². The zero-order valence-corrected chi connectivity index (χ0v) is 13.1. The van der Waals surface area contributed by atoms with E-state index in [1.54, 1.807) is 49.0 Å². The van der Waals surface area contributed by atoms with Crippen LogP contribution < -0.4 is 10.1 Å². The van der Waals surface area contributed by atoms with Crippen molar-refractivity contribution in [1.82, 2.24) is 15.2 Å². The molecule has 0 aliphatic carbocycles. The van der Waals surface area contributed by atoms with Gasteiger partial charge in [-0.05, 0) is 48.0 Å². The van der Waals surface area contributed by atoms with Gasteiger partial charge in [-0.25, -0.2) is 0 Å². The molecular weight excluding hydrogens is 320 g/mol. The number of furan rings is 1. The van der Waals surface area contributed by atoms with Gasteiger partial charge in [0.05, 0.1) is 11.6 Å². The number of fused-ring (bicyclic) bond motifs is 1. The topological polar surface area (TPSA) is 93.3 Å². The molecule has 0 fully saturated rings. The van der Waals surface area contributed by atoms with Gasteiger partial charge < -0.3 is 19.6 Å². The molecule has 0 radical (unpaired) electrons. The van der Waals surface area contributed by atoms with E-state index in [0.717, 1.165) is 16.6 Å². The normalized spacial score (nSPS) is 10.7. The van der Waals surface area contributed by atoms with Gasteiger partial charge in [0.15, 0.2) is 5.82 Å². The molecule has 0 amide bonds. The maximum absolute atomic E-state index is 9.36. The van der Waals surface area contributed by atoms with Gasteiger partial charge >= 0.3 is 0 Å². The maximum atomic E-state index is 9.36. The number of nitrogens with zero attached hydrogens (tertiary/aromatic N) is 3. The van der Waals surface area contributed by atoms with Gasteiger partial charge in [0.2, 0.25) is 5.58 Å². The van der Waals surface area contributed by atoms with Crippen molar-refractivity contribution in [2.45, 2.75) is 6.61 Å². The van der Waals surface area contributed by atoms with Crippen molar-refractivity contribution < 1.29 is 14.3 Å². The summed E-state index contributed by atoms with van der Waals surface area (Å²) < 4.78 is 11.2. The molecule has 3 heterocycles. The van der Waals surface area contributed by atoms with Crippen molar-refractivity contribution >= 4 is 22.5 Å². The molecule has 124 valence electrons. The number of ether oxygens (including phenoxy) is 1. The summed E-state index contributed by atoms with van der Waals surface area (Å²) in [6.07, 6.45) is 4.98. The highest BCUT2D eigenvalue weighted by Crippen LogP contribution is 2.31. The summed E-state index contributed by atoms with van der Waals surface area (Å²) in [5, 5.41) is 21.6. The number of phenols is 1. The first-order chi connectivity index (χ1) is 12.3. The van der Waals surface area contributed by atoms with Crippen LogP contribution in [0.25, 0.3) is 11.0 Å². The van der Waals surface area contributed by atoms with Crippen molar-refractivity contribution in [1.29, 1.82) is 0 Å². The third-order valence-electron chi connectivity index (χ3n) is 3.61. The Bertz CT molecular complexity index is 984. The zero-order chi connectivity index (χ0) is 17.1. The second-order valence-corrected chi connectivity index (χ2v) is 5.33. The van der Waals surface area contributed by atoms with Crippen molar-refractivity contribution in [2.24, 2.45) is 0 Å². The van der Waals surface area contributed by atoms with E-state index >= 15 is 0 Å². The average molecular weight is 334 g/mol. The highest BCUT2D eigenvalue weighted by molar-refractivity contribution is 5.92. The number of aromatic nitrogens is 3. The van der Waals surface area contributed by atoms with E-state index in [1.165, 1.54) is 0 Å². The molecule has 2 N–H and O–H groups in total. The summed E-state index contributed by atoms with van der Waals surface area (Å²) in [6, 6.07) is 12.2. The quantitative estimate of drug-likeness (QED) is 0.538. The SMILES string of the molecule is Oc1ccc(Nc2nnc(OCc3ccncc3)c3occc23)cc1. The molecule has 0 atom stereocenters. The number of aromatic hydroxyl groups is 1. The molecule has 3 aromatic heterocycles. The van der Waals surface area contributed by atoms with Crippen LogP contribution >= 0.6 is 0 Å². The number of hydrogen-bond acceptors (Lipinski definition) is 7. The predicted octanol–water partition coefficient (Wildman–Crippen LogP) is 3.65. The van der Waals surface area contributed by atoms with E-state index in [0.29, 0.717) is 23.9 Å². The lowest BCUT2D eigenvalue weighted by atomic mass is 10.3. The highest BCUT2D eigenvalue weighted by Gasteiger charge is 2.14. The first-order valence-electron chi connectivity index (χ1n) is 7.61. The predicted molar refractivity (Wildman–Crippen MR) is 91.8 cm³/mol. The molecule has 0 aliphatic rings. The fourth-order valence-electron chi connectivity index (χ4n) is 2.35. The maximum Gasteiger partial charge on any atom is 0.278 e. The fourth-order valence-corrected chi connectivity index (χ4v) is 2.35. The van der Waals surface area contributed by atoms with Crippen LogP contribution in [0.3, 0.4) is 0 Å². The second-order valence-electron chi connectivity index (χ2n) is 5.33. The van der Waals surface area contributed by atoms with E-state index in [4.69, 9.17) is 9.15 Å². The van der Waals surface area contributed by atoms with E-state index in [-0.39, 0.29) is 5.75 Å². The Morgan fingerprint density at radius 2 is 1.80 bits per heavy atom. The molecule has 1 aromatic carbocycles. The van der Waals surface area contributed by atoms with Gasteiger partial charge in [-0.1, -0.05) is 0 Å².